The molecule has 108 valence electrons. The largest absolute Gasteiger partial charge is 0.496 e. The van der Waals surface area contributed by atoms with E-state index in [9.17, 15) is 0 Å². The first kappa shape index (κ1) is 14.5. The number of ether oxygens (including phenoxy) is 1. The zero-order valence-electron chi connectivity index (χ0n) is 12.4. The van der Waals surface area contributed by atoms with E-state index < -0.39 is 0 Å². The molecule has 0 radical (unpaired) electrons. The quantitative estimate of drug-likeness (QED) is 0.877. The number of aryl methyl sites for hydroxylation is 1. The Morgan fingerprint density at radius 1 is 1.35 bits per heavy atom. The van der Waals surface area contributed by atoms with Crippen LogP contribution in [0, 0.1) is 6.92 Å². The van der Waals surface area contributed by atoms with E-state index in [2.05, 4.69) is 22.4 Å². The Balaban J connectivity index is 2.26. The van der Waals surface area contributed by atoms with Crippen molar-refractivity contribution >= 4 is 0 Å². The van der Waals surface area contributed by atoms with Crippen molar-refractivity contribution in [3.05, 3.63) is 29.7 Å². The molecule has 0 fully saturated rings. The molecule has 0 spiro atoms. The van der Waals surface area contributed by atoms with E-state index >= 15 is 0 Å². The minimum Gasteiger partial charge on any atom is -0.496 e. The fraction of sp³-hybridized carbons (Fsp3) is 0.467. The summed E-state index contributed by atoms with van der Waals surface area (Å²) < 4.78 is 11.1. The SMILES string of the molecule is CCCNC(C)c1nnc(-c2cc(C)ccc2OC)o1. The van der Waals surface area contributed by atoms with Gasteiger partial charge in [-0.1, -0.05) is 18.6 Å². The van der Waals surface area contributed by atoms with E-state index in [1.807, 2.05) is 32.0 Å². The first-order valence-corrected chi connectivity index (χ1v) is 6.87. The summed E-state index contributed by atoms with van der Waals surface area (Å²) in [5.74, 6) is 1.82. The van der Waals surface area contributed by atoms with Gasteiger partial charge in [-0.25, -0.2) is 0 Å². The summed E-state index contributed by atoms with van der Waals surface area (Å²) >= 11 is 0. The summed E-state index contributed by atoms with van der Waals surface area (Å²) in [5, 5.41) is 11.6. The maximum atomic E-state index is 5.76. The van der Waals surface area contributed by atoms with Gasteiger partial charge in [0, 0.05) is 0 Å². The highest BCUT2D eigenvalue weighted by Gasteiger charge is 2.17. The zero-order valence-corrected chi connectivity index (χ0v) is 12.4. The van der Waals surface area contributed by atoms with Crippen LogP contribution in [0.4, 0.5) is 0 Å². The molecule has 2 rings (SSSR count). The molecule has 0 amide bonds. The van der Waals surface area contributed by atoms with E-state index in [-0.39, 0.29) is 6.04 Å². The Labute approximate surface area is 119 Å². The summed E-state index contributed by atoms with van der Waals surface area (Å²) in [5.41, 5.74) is 1.95. The van der Waals surface area contributed by atoms with E-state index in [1.165, 1.54) is 0 Å². The number of benzene rings is 1. The fourth-order valence-electron chi connectivity index (χ4n) is 1.96. The van der Waals surface area contributed by atoms with Crippen LogP contribution in [0.1, 0.15) is 37.8 Å². The highest BCUT2D eigenvalue weighted by atomic mass is 16.5. The van der Waals surface area contributed by atoms with Crippen LogP contribution in [0.15, 0.2) is 22.6 Å². The second-order valence-electron chi connectivity index (χ2n) is 4.83. The average molecular weight is 275 g/mol. The van der Waals surface area contributed by atoms with Gasteiger partial charge in [0.1, 0.15) is 5.75 Å². The lowest BCUT2D eigenvalue weighted by Gasteiger charge is -2.08. The van der Waals surface area contributed by atoms with Crippen LogP contribution < -0.4 is 10.1 Å². The van der Waals surface area contributed by atoms with Gasteiger partial charge in [-0.05, 0) is 38.9 Å². The van der Waals surface area contributed by atoms with Crippen LogP contribution in [0.2, 0.25) is 0 Å². The predicted octanol–water partition coefficient (Wildman–Crippen LogP) is 3.11. The molecule has 5 nitrogen and oxygen atoms in total. The lowest BCUT2D eigenvalue weighted by molar-refractivity contribution is 0.407. The number of hydrogen-bond acceptors (Lipinski definition) is 5. The summed E-state index contributed by atoms with van der Waals surface area (Å²) in [7, 11) is 1.64. The van der Waals surface area contributed by atoms with Crippen molar-refractivity contribution in [2.75, 3.05) is 13.7 Å². The van der Waals surface area contributed by atoms with Crippen molar-refractivity contribution in [3.63, 3.8) is 0 Å². The normalized spacial score (nSPS) is 12.4. The summed E-state index contributed by atoms with van der Waals surface area (Å²) in [6.45, 7) is 7.08. The van der Waals surface area contributed by atoms with Crippen molar-refractivity contribution < 1.29 is 9.15 Å². The number of nitrogens with zero attached hydrogens (tertiary/aromatic N) is 2. The average Bonchev–Trinajstić information content (AvgIpc) is 2.94. The molecular weight excluding hydrogens is 254 g/mol. The predicted molar refractivity (Wildman–Crippen MR) is 77.7 cm³/mol. The molecule has 1 aromatic carbocycles. The minimum absolute atomic E-state index is 0.0482. The Kier molecular flexibility index (Phi) is 4.74. The molecule has 1 aromatic heterocycles. The van der Waals surface area contributed by atoms with Gasteiger partial charge in [0.25, 0.3) is 5.89 Å². The van der Waals surface area contributed by atoms with Crippen LogP contribution in [-0.4, -0.2) is 23.9 Å². The van der Waals surface area contributed by atoms with E-state index in [4.69, 9.17) is 9.15 Å². The number of hydrogen-bond donors (Lipinski definition) is 1. The summed E-state index contributed by atoms with van der Waals surface area (Å²) in [4.78, 5) is 0. The molecule has 0 aliphatic heterocycles. The van der Waals surface area contributed by atoms with Crippen LogP contribution in [0.3, 0.4) is 0 Å². The van der Waals surface area contributed by atoms with E-state index in [1.54, 1.807) is 7.11 Å². The zero-order chi connectivity index (χ0) is 14.5. The van der Waals surface area contributed by atoms with Crippen molar-refractivity contribution in [3.8, 4) is 17.2 Å². The Bertz CT molecular complexity index is 566. The van der Waals surface area contributed by atoms with Gasteiger partial charge in [-0.15, -0.1) is 10.2 Å². The van der Waals surface area contributed by atoms with Crippen molar-refractivity contribution in [1.82, 2.24) is 15.5 Å². The highest BCUT2D eigenvalue weighted by Crippen LogP contribution is 2.30. The first-order chi connectivity index (χ1) is 9.65. The molecule has 0 aliphatic rings. The lowest BCUT2D eigenvalue weighted by Crippen LogP contribution is -2.19. The Morgan fingerprint density at radius 3 is 2.85 bits per heavy atom. The highest BCUT2D eigenvalue weighted by molar-refractivity contribution is 5.63. The molecule has 1 heterocycles. The van der Waals surface area contributed by atoms with Crippen LogP contribution in [0.25, 0.3) is 11.5 Å². The molecule has 0 bridgehead atoms. The van der Waals surface area contributed by atoms with Crippen LogP contribution >= 0.6 is 0 Å². The summed E-state index contributed by atoms with van der Waals surface area (Å²) in [6, 6.07) is 5.94. The van der Waals surface area contributed by atoms with Gasteiger partial charge >= 0.3 is 0 Å². The van der Waals surface area contributed by atoms with Crippen molar-refractivity contribution in [1.29, 1.82) is 0 Å². The number of rotatable bonds is 6. The van der Waals surface area contributed by atoms with Gasteiger partial charge in [0.05, 0.1) is 18.7 Å². The second-order valence-corrected chi connectivity index (χ2v) is 4.83. The van der Waals surface area contributed by atoms with Gasteiger partial charge in [-0.3, -0.25) is 0 Å². The molecule has 20 heavy (non-hydrogen) atoms. The monoisotopic (exact) mass is 275 g/mol. The third kappa shape index (κ3) is 3.17. The first-order valence-electron chi connectivity index (χ1n) is 6.87. The molecular formula is C15H21N3O2. The third-order valence-electron chi connectivity index (χ3n) is 3.10. The van der Waals surface area contributed by atoms with E-state index in [0.717, 1.165) is 29.8 Å². The molecule has 0 aliphatic carbocycles. The molecule has 1 unspecified atom stereocenters. The van der Waals surface area contributed by atoms with Gasteiger partial charge in [-0.2, -0.15) is 0 Å². The maximum absolute atomic E-state index is 5.76. The second kappa shape index (κ2) is 6.52. The molecule has 2 aromatic rings. The Morgan fingerprint density at radius 2 is 2.15 bits per heavy atom. The van der Waals surface area contributed by atoms with Gasteiger partial charge in [0.2, 0.25) is 5.89 Å². The number of methoxy groups -OCH3 is 1. The van der Waals surface area contributed by atoms with Crippen LogP contribution in [-0.2, 0) is 0 Å². The van der Waals surface area contributed by atoms with Crippen molar-refractivity contribution in [2.24, 2.45) is 0 Å². The number of nitrogens with one attached hydrogen (secondary N) is 1. The Hall–Kier alpha value is -1.88. The van der Waals surface area contributed by atoms with Crippen molar-refractivity contribution in [2.45, 2.75) is 33.2 Å². The number of aromatic nitrogens is 2. The fourth-order valence-corrected chi connectivity index (χ4v) is 1.96. The van der Waals surface area contributed by atoms with Gasteiger partial charge in [0.15, 0.2) is 0 Å². The molecule has 0 saturated carbocycles. The van der Waals surface area contributed by atoms with E-state index in [0.29, 0.717) is 11.8 Å². The molecule has 5 heteroatoms. The molecule has 1 N–H and O–H groups in total. The minimum atomic E-state index is 0.0482. The molecule has 0 saturated heterocycles. The molecule has 1 atom stereocenters. The standard InChI is InChI=1S/C15H21N3O2/c1-5-8-16-11(3)14-17-18-15(20-14)12-9-10(2)6-7-13(12)19-4/h6-7,9,11,16H,5,8H2,1-4H3. The van der Waals surface area contributed by atoms with Gasteiger partial charge < -0.3 is 14.5 Å². The van der Waals surface area contributed by atoms with Crippen LogP contribution in [0.5, 0.6) is 5.75 Å². The third-order valence-corrected chi connectivity index (χ3v) is 3.10. The maximum Gasteiger partial charge on any atom is 0.251 e. The smallest absolute Gasteiger partial charge is 0.251 e. The summed E-state index contributed by atoms with van der Waals surface area (Å²) in [6.07, 6.45) is 1.07. The topological polar surface area (TPSA) is 60.2 Å². The lowest BCUT2D eigenvalue weighted by atomic mass is 10.1.